The maximum Gasteiger partial charge on any atom is 0.253 e. The number of hydrogen-bond donors (Lipinski definition) is 0. The number of fused-ring (bicyclic) bond motifs is 1. The van der Waals surface area contributed by atoms with Crippen molar-refractivity contribution in [3.8, 4) is 5.75 Å². The number of ether oxygens (including phenoxy) is 1. The third-order valence-corrected chi connectivity index (χ3v) is 2.90. The molecular formula is C13H11ClO2. The van der Waals surface area contributed by atoms with Gasteiger partial charge in [-0.3, -0.25) is 4.79 Å². The van der Waals surface area contributed by atoms with Crippen molar-refractivity contribution >= 4 is 27.6 Å². The highest BCUT2D eigenvalue weighted by molar-refractivity contribution is 6.68. The Morgan fingerprint density at radius 2 is 1.88 bits per heavy atom. The van der Waals surface area contributed by atoms with E-state index in [1.165, 1.54) is 0 Å². The minimum absolute atomic E-state index is 0.463. The van der Waals surface area contributed by atoms with Crippen molar-refractivity contribution in [2.24, 2.45) is 0 Å². The van der Waals surface area contributed by atoms with Gasteiger partial charge in [0.2, 0.25) is 0 Å². The summed E-state index contributed by atoms with van der Waals surface area (Å²) in [5.74, 6) is 0.683. The summed E-state index contributed by atoms with van der Waals surface area (Å²) < 4.78 is 5.23. The van der Waals surface area contributed by atoms with Gasteiger partial charge in [-0.1, -0.05) is 24.3 Å². The van der Waals surface area contributed by atoms with E-state index in [1.54, 1.807) is 13.2 Å². The summed E-state index contributed by atoms with van der Waals surface area (Å²) in [4.78, 5) is 11.3. The monoisotopic (exact) mass is 234 g/mol. The van der Waals surface area contributed by atoms with Crippen molar-refractivity contribution in [1.29, 1.82) is 0 Å². The van der Waals surface area contributed by atoms with Gasteiger partial charge in [-0.05, 0) is 40.9 Å². The van der Waals surface area contributed by atoms with Gasteiger partial charge in [0.15, 0.2) is 0 Å². The topological polar surface area (TPSA) is 26.3 Å². The van der Waals surface area contributed by atoms with Gasteiger partial charge in [0.25, 0.3) is 5.24 Å². The Bertz CT molecular complexity index is 561. The van der Waals surface area contributed by atoms with Crippen molar-refractivity contribution in [2.45, 2.75) is 6.92 Å². The third kappa shape index (κ3) is 1.65. The molecule has 16 heavy (non-hydrogen) atoms. The molecule has 0 aliphatic rings. The van der Waals surface area contributed by atoms with E-state index >= 15 is 0 Å². The fraction of sp³-hybridized carbons (Fsp3) is 0.154. The molecule has 0 aromatic heterocycles. The molecule has 2 nitrogen and oxygen atoms in total. The lowest BCUT2D eigenvalue weighted by Gasteiger charge is -2.10. The van der Waals surface area contributed by atoms with Gasteiger partial charge in [0.1, 0.15) is 5.75 Å². The van der Waals surface area contributed by atoms with Gasteiger partial charge in [-0.15, -0.1) is 0 Å². The average Bonchev–Trinajstić information content (AvgIpc) is 2.29. The molecule has 0 aliphatic carbocycles. The number of aryl methyl sites for hydroxylation is 1. The zero-order chi connectivity index (χ0) is 11.7. The van der Waals surface area contributed by atoms with Gasteiger partial charge >= 0.3 is 0 Å². The van der Waals surface area contributed by atoms with Crippen molar-refractivity contribution in [3.63, 3.8) is 0 Å². The summed E-state index contributed by atoms with van der Waals surface area (Å²) >= 11 is 5.57. The molecule has 0 atom stereocenters. The van der Waals surface area contributed by atoms with Crippen LogP contribution in [0.15, 0.2) is 30.3 Å². The summed E-state index contributed by atoms with van der Waals surface area (Å²) in [7, 11) is 1.58. The first-order valence-corrected chi connectivity index (χ1v) is 5.29. The molecule has 3 heteroatoms. The standard InChI is InChI=1S/C13H11ClO2/c1-8-9-5-3-4-6-10(9)11(13(14)15)7-12(8)16-2/h3-7H,1-2H3. The molecule has 0 aliphatic heterocycles. The quantitative estimate of drug-likeness (QED) is 0.743. The number of halogens is 1. The molecule has 0 saturated carbocycles. The van der Waals surface area contributed by atoms with Crippen LogP contribution in [0.3, 0.4) is 0 Å². The molecule has 0 N–H and O–H groups in total. The Labute approximate surface area is 98.8 Å². The molecule has 0 unspecified atom stereocenters. The highest BCUT2D eigenvalue weighted by Crippen LogP contribution is 2.31. The fourth-order valence-electron chi connectivity index (χ4n) is 1.87. The second kappa shape index (κ2) is 4.14. The summed E-state index contributed by atoms with van der Waals surface area (Å²) in [6, 6.07) is 9.34. The van der Waals surface area contributed by atoms with E-state index in [9.17, 15) is 4.79 Å². The highest BCUT2D eigenvalue weighted by Gasteiger charge is 2.12. The number of rotatable bonds is 2. The zero-order valence-electron chi connectivity index (χ0n) is 9.08. The molecule has 0 saturated heterocycles. The van der Waals surface area contributed by atoms with Gasteiger partial charge < -0.3 is 4.74 Å². The maximum atomic E-state index is 11.3. The van der Waals surface area contributed by atoms with Gasteiger partial charge in [-0.25, -0.2) is 0 Å². The van der Waals surface area contributed by atoms with Crippen LogP contribution in [0, 0.1) is 6.92 Å². The molecule has 0 spiro atoms. The van der Waals surface area contributed by atoms with Gasteiger partial charge in [0, 0.05) is 5.56 Å². The van der Waals surface area contributed by atoms with Crippen LogP contribution in [0.4, 0.5) is 0 Å². The lowest BCUT2D eigenvalue weighted by Crippen LogP contribution is -1.96. The molecule has 2 aromatic carbocycles. The van der Waals surface area contributed by atoms with Crippen LogP contribution >= 0.6 is 11.6 Å². The summed E-state index contributed by atoms with van der Waals surface area (Å²) in [5.41, 5.74) is 1.50. The predicted octanol–water partition coefficient (Wildman–Crippen LogP) is 3.54. The summed E-state index contributed by atoms with van der Waals surface area (Å²) in [6.45, 7) is 1.96. The number of methoxy groups -OCH3 is 1. The van der Waals surface area contributed by atoms with Gasteiger partial charge in [-0.2, -0.15) is 0 Å². The molecule has 0 bridgehead atoms. The van der Waals surface area contributed by atoms with E-state index < -0.39 is 5.24 Å². The number of carbonyl (C=O) groups excluding carboxylic acids is 1. The lowest BCUT2D eigenvalue weighted by atomic mass is 10.00. The minimum atomic E-state index is -0.463. The second-order valence-electron chi connectivity index (χ2n) is 3.57. The molecule has 0 heterocycles. The largest absolute Gasteiger partial charge is 0.496 e. The zero-order valence-corrected chi connectivity index (χ0v) is 9.84. The van der Waals surface area contributed by atoms with Crippen molar-refractivity contribution in [1.82, 2.24) is 0 Å². The second-order valence-corrected chi connectivity index (χ2v) is 3.91. The van der Waals surface area contributed by atoms with Crippen molar-refractivity contribution in [3.05, 3.63) is 41.5 Å². The van der Waals surface area contributed by atoms with Crippen LogP contribution in [0.2, 0.25) is 0 Å². The fourth-order valence-corrected chi connectivity index (χ4v) is 2.03. The molecule has 2 rings (SSSR count). The summed E-state index contributed by atoms with van der Waals surface area (Å²) in [6.07, 6.45) is 0. The van der Waals surface area contributed by atoms with E-state index in [1.807, 2.05) is 31.2 Å². The molecule has 2 aromatic rings. The Hall–Kier alpha value is -1.54. The molecule has 0 fully saturated rings. The van der Waals surface area contributed by atoms with Crippen LogP contribution in [-0.4, -0.2) is 12.4 Å². The number of benzene rings is 2. The minimum Gasteiger partial charge on any atom is -0.496 e. The normalized spacial score (nSPS) is 10.4. The first-order valence-electron chi connectivity index (χ1n) is 4.91. The van der Waals surface area contributed by atoms with Crippen LogP contribution in [0.5, 0.6) is 5.75 Å². The van der Waals surface area contributed by atoms with E-state index in [0.717, 1.165) is 16.3 Å². The Morgan fingerprint density at radius 3 is 2.44 bits per heavy atom. The Morgan fingerprint density at radius 1 is 1.25 bits per heavy atom. The van der Waals surface area contributed by atoms with Crippen LogP contribution in [-0.2, 0) is 0 Å². The maximum absolute atomic E-state index is 11.3. The number of carbonyl (C=O) groups is 1. The van der Waals surface area contributed by atoms with E-state index in [4.69, 9.17) is 16.3 Å². The Balaban J connectivity index is 2.90. The SMILES string of the molecule is COc1cc(C(=O)Cl)c2ccccc2c1C. The summed E-state index contributed by atoms with van der Waals surface area (Å²) in [5, 5.41) is 1.39. The first kappa shape index (κ1) is 11.0. The average molecular weight is 235 g/mol. The number of hydrogen-bond acceptors (Lipinski definition) is 2. The smallest absolute Gasteiger partial charge is 0.253 e. The van der Waals surface area contributed by atoms with E-state index in [0.29, 0.717) is 11.3 Å². The van der Waals surface area contributed by atoms with E-state index in [2.05, 4.69) is 0 Å². The Kier molecular flexibility index (Phi) is 2.84. The van der Waals surface area contributed by atoms with Gasteiger partial charge in [0.05, 0.1) is 7.11 Å². The third-order valence-electron chi connectivity index (χ3n) is 2.70. The molecule has 0 radical (unpaired) electrons. The molecular weight excluding hydrogens is 224 g/mol. The van der Waals surface area contributed by atoms with Crippen LogP contribution in [0.25, 0.3) is 10.8 Å². The van der Waals surface area contributed by atoms with Crippen molar-refractivity contribution in [2.75, 3.05) is 7.11 Å². The van der Waals surface area contributed by atoms with E-state index in [-0.39, 0.29) is 0 Å². The first-order chi connectivity index (χ1) is 7.65. The predicted molar refractivity (Wildman–Crippen MR) is 65.4 cm³/mol. The van der Waals surface area contributed by atoms with Crippen molar-refractivity contribution < 1.29 is 9.53 Å². The van der Waals surface area contributed by atoms with Crippen LogP contribution in [0.1, 0.15) is 15.9 Å². The lowest BCUT2D eigenvalue weighted by molar-refractivity contribution is 0.108. The highest BCUT2D eigenvalue weighted by atomic mass is 35.5. The van der Waals surface area contributed by atoms with Crippen LogP contribution < -0.4 is 4.74 Å². The molecule has 0 amide bonds. The molecule has 82 valence electrons.